The zero-order chi connectivity index (χ0) is 16.4. The van der Waals surface area contributed by atoms with Gasteiger partial charge in [0.1, 0.15) is 6.54 Å². The number of thioether (sulfide) groups is 1. The molecule has 1 aliphatic carbocycles. The van der Waals surface area contributed by atoms with Crippen molar-refractivity contribution in [2.75, 3.05) is 40.0 Å². The highest BCUT2D eigenvalue weighted by Gasteiger charge is 2.14. The number of hydrogen-bond acceptors (Lipinski definition) is 3. The third-order valence-corrected chi connectivity index (χ3v) is 5.08. The standard InChI is InChI=1S/C16H32N4OS.HI/c1-13(22-4)10-17-16(19-12-15(21)20(2)3)18-11-14-8-6-5-7-9-14;/h13-14H,5-12H2,1-4H3,(H2,17,18,19);1H. The second-order valence-corrected chi connectivity index (χ2v) is 7.54. The van der Waals surface area contributed by atoms with Gasteiger partial charge in [0.2, 0.25) is 5.91 Å². The Morgan fingerprint density at radius 1 is 1.26 bits per heavy atom. The zero-order valence-corrected chi connectivity index (χ0v) is 18.1. The molecule has 136 valence electrons. The van der Waals surface area contributed by atoms with Crippen LogP contribution in [-0.4, -0.2) is 62.0 Å². The molecule has 0 spiro atoms. The first-order valence-corrected chi connectivity index (χ1v) is 9.56. The first-order chi connectivity index (χ1) is 10.5. The molecule has 0 saturated heterocycles. The molecule has 0 aromatic heterocycles. The predicted octanol–water partition coefficient (Wildman–Crippen LogP) is 2.56. The van der Waals surface area contributed by atoms with Crippen LogP contribution in [0.5, 0.6) is 0 Å². The van der Waals surface area contributed by atoms with Crippen molar-refractivity contribution in [2.45, 2.75) is 44.3 Å². The number of nitrogens with one attached hydrogen (secondary N) is 2. The van der Waals surface area contributed by atoms with Gasteiger partial charge >= 0.3 is 0 Å². The summed E-state index contributed by atoms with van der Waals surface area (Å²) in [7, 11) is 3.52. The van der Waals surface area contributed by atoms with Gasteiger partial charge < -0.3 is 15.5 Å². The van der Waals surface area contributed by atoms with Crippen LogP contribution in [0, 0.1) is 5.92 Å². The van der Waals surface area contributed by atoms with Crippen LogP contribution in [0.25, 0.3) is 0 Å². The Labute approximate surface area is 162 Å². The van der Waals surface area contributed by atoms with Gasteiger partial charge in [0.25, 0.3) is 0 Å². The lowest BCUT2D eigenvalue weighted by Gasteiger charge is -2.23. The first kappa shape index (κ1) is 22.8. The number of aliphatic imine (C=N–C) groups is 1. The van der Waals surface area contributed by atoms with E-state index in [4.69, 9.17) is 0 Å². The van der Waals surface area contributed by atoms with Gasteiger partial charge in [-0.1, -0.05) is 26.2 Å². The summed E-state index contributed by atoms with van der Waals surface area (Å²) in [4.78, 5) is 17.7. The van der Waals surface area contributed by atoms with Crippen molar-refractivity contribution < 1.29 is 4.79 Å². The van der Waals surface area contributed by atoms with Crippen LogP contribution >= 0.6 is 35.7 Å². The highest BCUT2D eigenvalue weighted by Crippen LogP contribution is 2.22. The molecule has 0 aromatic rings. The molecular weight excluding hydrogens is 423 g/mol. The molecule has 1 amide bonds. The third kappa shape index (κ3) is 10.3. The average Bonchev–Trinajstić information content (AvgIpc) is 2.54. The molecule has 7 heteroatoms. The summed E-state index contributed by atoms with van der Waals surface area (Å²) in [6, 6.07) is 0. The van der Waals surface area contributed by atoms with E-state index in [2.05, 4.69) is 28.8 Å². The predicted molar refractivity (Wildman–Crippen MR) is 112 cm³/mol. The SMILES string of the molecule is CSC(C)CNC(=NCC(=O)N(C)C)NCC1CCCCC1.I. The minimum Gasteiger partial charge on any atom is -0.356 e. The van der Waals surface area contributed by atoms with Crippen LogP contribution in [0.4, 0.5) is 0 Å². The van der Waals surface area contributed by atoms with E-state index in [1.165, 1.54) is 32.1 Å². The molecule has 0 heterocycles. The molecule has 5 nitrogen and oxygen atoms in total. The second-order valence-electron chi connectivity index (χ2n) is 6.27. The largest absolute Gasteiger partial charge is 0.356 e. The first-order valence-electron chi connectivity index (χ1n) is 8.28. The molecule has 1 saturated carbocycles. The summed E-state index contributed by atoms with van der Waals surface area (Å²) in [5.41, 5.74) is 0. The summed E-state index contributed by atoms with van der Waals surface area (Å²) in [6.07, 6.45) is 8.77. The second kappa shape index (κ2) is 13.1. The van der Waals surface area contributed by atoms with Gasteiger partial charge in [-0.2, -0.15) is 11.8 Å². The summed E-state index contributed by atoms with van der Waals surface area (Å²) in [5, 5.41) is 7.29. The quantitative estimate of drug-likeness (QED) is 0.351. The van der Waals surface area contributed by atoms with E-state index >= 15 is 0 Å². The molecule has 1 aliphatic rings. The maximum atomic E-state index is 11.7. The van der Waals surface area contributed by atoms with Crippen molar-refractivity contribution in [2.24, 2.45) is 10.9 Å². The molecule has 0 bridgehead atoms. The molecule has 1 unspecified atom stereocenters. The minimum absolute atomic E-state index is 0. The lowest BCUT2D eigenvalue weighted by molar-refractivity contribution is -0.127. The number of guanidine groups is 1. The highest BCUT2D eigenvalue weighted by molar-refractivity contribution is 14.0. The van der Waals surface area contributed by atoms with Crippen molar-refractivity contribution >= 4 is 47.6 Å². The molecule has 0 radical (unpaired) electrons. The number of carbonyl (C=O) groups excluding carboxylic acids is 1. The van der Waals surface area contributed by atoms with Gasteiger partial charge in [0.15, 0.2) is 5.96 Å². The van der Waals surface area contributed by atoms with Gasteiger partial charge in [-0.25, -0.2) is 4.99 Å². The Hall–Kier alpha value is -0.180. The molecule has 0 aliphatic heterocycles. The minimum atomic E-state index is 0. The Kier molecular flexibility index (Phi) is 13.0. The van der Waals surface area contributed by atoms with Crippen LogP contribution in [0.2, 0.25) is 0 Å². The van der Waals surface area contributed by atoms with Crippen LogP contribution in [0.1, 0.15) is 39.0 Å². The van der Waals surface area contributed by atoms with Gasteiger partial charge in [-0.3, -0.25) is 4.79 Å². The number of amides is 1. The molecular formula is C16H33IN4OS. The normalized spacial score (nSPS) is 17.1. The van der Waals surface area contributed by atoms with Crippen molar-refractivity contribution in [3.8, 4) is 0 Å². The Morgan fingerprint density at radius 2 is 1.91 bits per heavy atom. The molecule has 1 fully saturated rings. The summed E-state index contributed by atoms with van der Waals surface area (Å²) >= 11 is 1.82. The molecule has 1 rings (SSSR count). The number of hydrogen-bond donors (Lipinski definition) is 2. The van der Waals surface area contributed by atoms with E-state index in [0.29, 0.717) is 5.25 Å². The van der Waals surface area contributed by atoms with E-state index in [-0.39, 0.29) is 36.4 Å². The van der Waals surface area contributed by atoms with E-state index in [0.717, 1.165) is 25.0 Å². The fourth-order valence-corrected chi connectivity index (χ4v) is 2.67. The van der Waals surface area contributed by atoms with Crippen LogP contribution in [0.3, 0.4) is 0 Å². The topological polar surface area (TPSA) is 56.7 Å². The number of nitrogens with zero attached hydrogens (tertiary/aromatic N) is 2. The van der Waals surface area contributed by atoms with E-state index in [9.17, 15) is 4.79 Å². The summed E-state index contributed by atoms with van der Waals surface area (Å²) in [6.45, 7) is 4.19. The number of carbonyl (C=O) groups is 1. The van der Waals surface area contributed by atoms with Gasteiger partial charge in [-0.05, 0) is 25.0 Å². The van der Waals surface area contributed by atoms with Crippen molar-refractivity contribution in [3.05, 3.63) is 0 Å². The van der Waals surface area contributed by atoms with Gasteiger partial charge in [0, 0.05) is 32.4 Å². The fraction of sp³-hybridized carbons (Fsp3) is 0.875. The van der Waals surface area contributed by atoms with Gasteiger partial charge in [0.05, 0.1) is 0 Å². The van der Waals surface area contributed by atoms with E-state index in [1.807, 2.05) is 11.8 Å². The lowest BCUT2D eigenvalue weighted by Crippen LogP contribution is -2.43. The fourth-order valence-electron chi connectivity index (χ4n) is 2.42. The van der Waals surface area contributed by atoms with Crippen molar-refractivity contribution in [1.29, 1.82) is 0 Å². The number of halogens is 1. The number of rotatable bonds is 7. The van der Waals surface area contributed by atoms with Crippen LogP contribution < -0.4 is 10.6 Å². The third-order valence-electron chi connectivity index (χ3n) is 4.11. The molecule has 23 heavy (non-hydrogen) atoms. The smallest absolute Gasteiger partial charge is 0.243 e. The average molecular weight is 456 g/mol. The van der Waals surface area contributed by atoms with Crippen molar-refractivity contribution in [1.82, 2.24) is 15.5 Å². The maximum absolute atomic E-state index is 11.7. The summed E-state index contributed by atoms with van der Waals surface area (Å²) in [5.74, 6) is 1.53. The molecule has 1 atom stereocenters. The monoisotopic (exact) mass is 456 g/mol. The number of likely N-dealkylation sites (N-methyl/N-ethyl adjacent to an activating group) is 1. The Morgan fingerprint density at radius 3 is 2.48 bits per heavy atom. The highest BCUT2D eigenvalue weighted by atomic mass is 127. The molecule has 2 N–H and O–H groups in total. The van der Waals surface area contributed by atoms with E-state index < -0.39 is 0 Å². The maximum Gasteiger partial charge on any atom is 0.243 e. The van der Waals surface area contributed by atoms with Gasteiger partial charge in [-0.15, -0.1) is 24.0 Å². The zero-order valence-electron chi connectivity index (χ0n) is 14.9. The van der Waals surface area contributed by atoms with E-state index in [1.54, 1.807) is 19.0 Å². The van der Waals surface area contributed by atoms with Crippen LogP contribution in [-0.2, 0) is 4.79 Å². The lowest BCUT2D eigenvalue weighted by atomic mass is 9.89. The van der Waals surface area contributed by atoms with Crippen LogP contribution in [0.15, 0.2) is 4.99 Å². The Balaban J connectivity index is 0.00000484. The molecule has 0 aromatic carbocycles. The Bertz CT molecular complexity index is 360. The van der Waals surface area contributed by atoms with Crippen molar-refractivity contribution in [3.63, 3.8) is 0 Å². The summed E-state index contributed by atoms with van der Waals surface area (Å²) < 4.78 is 0.